The van der Waals surface area contributed by atoms with Crippen molar-refractivity contribution < 1.29 is 9.84 Å². The molecule has 0 spiro atoms. The molecular weight excluding hydrogens is 264 g/mol. The minimum Gasteiger partial charge on any atom is -0.389 e. The second kappa shape index (κ2) is 8.89. The normalized spacial score (nSPS) is 32.1. The van der Waals surface area contributed by atoms with Crippen LogP contribution in [-0.4, -0.2) is 73.5 Å². The fourth-order valence-corrected chi connectivity index (χ4v) is 3.39. The number of methoxy groups -OCH3 is 1. The number of hydrogen-bond acceptors (Lipinski definition) is 4. The Balaban J connectivity index is 2.71. The Morgan fingerprint density at radius 3 is 2.62 bits per heavy atom. The van der Waals surface area contributed by atoms with Gasteiger partial charge in [-0.2, -0.15) is 0 Å². The average molecular weight is 298 g/mol. The van der Waals surface area contributed by atoms with E-state index in [1.165, 1.54) is 12.0 Å². The lowest BCUT2D eigenvalue weighted by molar-refractivity contribution is 0.0338. The summed E-state index contributed by atoms with van der Waals surface area (Å²) in [5, 5.41) is 10.0. The minimum absolute atomic E-state index is 0.396. The van der Waals surface area contributed by atoms with Crippen LogP contribution < -0.4 is 0 Å². The van der Waals surface area contributed by atoms with E-state index in [0.717, 1.165) is 19.5 Å². The largest absolute Gasteiger partial charge is 0.389 e. The van der Waals surface area contributed by atoms with Crippen LogP contribution in [0.3, 0.4) is 0 Å². The van der Waals surface area contributed by atoms with Gasteiger partial charge in [-0.05, 0) is 39.7 Å². The smallest absolute Gasteiger partial charge is 0.0900 e. The molecule has 4 atom stereocenters. The van der Waals surface area contributed by atoms with Crippen molar-refractivity contribution in [1.29, 1.82) is 0 Å². The van der Waals surface area contributed by atoms with Crippen molar-refractivity contribution in [2.45, 2.75) is 51.8 Å². The zero-order chi connectivity index (χ0) is 16.0. The van der Waals surface area contributed by atoms with E-state index >= 15 is 0 Å². The van der Waals surface area contributed by atoms with Crippen LogP contribution in [0, 0.1) is 5.92 Å². The van der Waals surface area contributed by atoms with Gasteiger partial charge in [-0.3, -0.25) is 4.90 Å². The first-order valence-electron chi connectivity index (χ1n) is 8.11. The van der Waals surface area contributed by atoms with Gasteiger partial charge in [0.25, 0.3) is 0 Å². The van der Waals surface area contributed by atoms with E-state index < -0.39 is 6.10 Å². The Morgan fingerprint density at radius 2 is 2.00 bits per heavy atom. The Bertz CT molecular complexity index is 322. The van der Waals surface area contributed by atoms with Gasteiger partial charge in [-0.25, -0.2) is 0 Å². The predicted molar refractivity (Wildman–Crippen MR) is 88.5 cm³/mol. The van der Waals surface area contributed by atoms with Gasteiger partial charge in [0.1, 0.15) is 0 Å². The van der Waals surface area contributed by atoms with Crippen molar-refractivity contribution in [2.75, 3.05) is 40.4 Å². The van der Waals surface area contributed by atoms with Crippen LogP contribution in [0.1, 0.15) is 33.6 Å². The molecule has 1 heterocycles. The summed E-state index contributed by atoms with van der Waals surface area (Å²) in [6, 6.07) is 1.09. The van der Waals surface area contributed by atoms with E-state index in [-0.39, 0.29) is 0 Å². The topological polar surface area (TPSA) is 35.9 Å². The maximum absolute atomic E-state index is 10.0. The third-order valence-electron chi connectivity index (χ3n) is 4.56. The number of aliphatic hydroxyl groups is 1. The Morgan fingerprint density at radius 1 is 1.33 bits per heavy atom. The van der Waals surface area contributed by atoms with E-state index in [1.807, 2.05) is 0 Å². The van der Waals surface area contributed by atoms with Gasteiger partial charge in [0.2, 0.25) is 0 Å². The molecule has 0 aromatic carbocycles. The number of aliphatic hydroxyl groups excluding tert-OH is 1. The molecule has 4 heteroatoms. The first kappa shape index (κ1) is 18.6. The molecule has 4 nitrogen and oxygen atoms in total. The summed E-state index contributed by atoms with van der Waals surface area (Å²) in [5.41, 5.74) is 1.25. The summed E-state index contributed by atoms with van der Waals surface area (Å²) in [7, 11) is 3.85. The Kier molecular flexibility index (Phi) is 7.88. The summed E-state index contributed by atoms with van der Waals surface area (Å²) in [4.78, 5) is 4.80. The van der Waals surface area contributed by atoms with Crippen LogP contribution in [0.2, 0.25) is 0 Å². The number of hydrogen-bond donors (Lipinski definition) is 1. The van der Waals surface area contributed by atoms with Crippen molar-refractivity contribution in [2.24, 2.45) is 5.92 Å². The third-order valence-corrected chi connectivity index (χ3v) is 4.56. The summed E-state index contributed by atoms with van der Waals surface area (Å²) in [6.07, 6.45) is 1.78. The fourth-order valence-electron chi connectivity index (χ4n) is 3.39. The van der Waals surface area contributed by atoms with Crippen LogP contribution >= 0.6 is 0 Å². The van der Waals surface area contributed by atoms with Gasteiger partial charge in [-0.1, -0.05) is 19.1 Å². The zero-order valence-electron chi connectivity index (χ0n) is 14.5. The highest BCUT2D eigenvalue weighted by Gasteiger charge is 2.23. The van der Waals surface area contributed by atoms with E-state index in [2.05, 4.69) is 44.2 Å². The fraction of sp³-hybridized carbons (Fsp3) is 0.882. The molecule has 124 valence electrons. The van der Waals surface area contributed by atoms with Crippen LogP contribution in [0.5, 0.6) is 0 Å². The molecule has 1 fully saturated rings. The maximum Gasteiger partial charge on any atom is 0.0900 e. The van der Waals surface area contributed by atoms with Crippen LogP contribution in [0.25, 0.3) is 0 Å². The molecule has 0 amide bonds. The number of ether oxygens (including phenoxy) is 1. The molecule has 0 aromatic rings. The van der Waals surface area contributed by atoms with Gasteiger partial charge in [0.15, 0.2) is 0 Å². The summed E-state index contributed by atoms with van der Waals surface area (Å²) in [5.74, 6) is 0.607. The van der Waals surface area contributed by atoms with Gasteiger partial charge < -0.3 is 14.7 Å². The van der Waals surface area contributed by atoms with Crippen LogP contribution in [0.15, 0.2) is 12.2 Å². The highest BCUT2D eigenvalue weighted by Crippen LogP contribution is 2.20. The number of β-amino-alcohol motifs (C(OH)–C–C–N with tert-alkyl or cyclic N) is 1. The summed E-state index contributed by atoms with van der Waals surface area (Å²) in [6.45, 7) is 14.1. The molecular formula is C17H34N2O2. The van der Waals surface area contributed by atoms with Crippen molar-refractivity contribution in [3.05, 3.63) is 12.2 Å². The monoisotopic (exact) mass is 298 g/mol. The molecule has 0 aromatic heterocycles. The Labute approximate surface area is 130 Å². The predicted octanol–water partition coefficient (Wildman–Crippen LogP) is 1.99. The standard InChI is InChI=1S/C17H34N2O2/c1-13-7-15(3)18(5)16(4)8-14(2)10-19(9-13)11-17(20)12-21-6/h14-17,20H,1,7-12H2,2-6H3/t14?,15-,16?,17?/m1/s1. The molecule has 0 radical (unpaired) electrons. The van der Waals surface area contributed by atoms with Crippen molar-refractivity contribution in [1.82, 2.24) is 9.80 Å². The molecule has 1 rings (SSSR count). The SMILES string of the molecule is C=C1C[C@@H](C)N(C)C(C)CC(C)CN(CC(O)COC)C1. The molecule has 1 aliphatic rings. The average Bonchev–Trinajstić information content (AvgIpc) is 2.36. The van der Waals surface area contributed by atoms with E-state index in [9.17, 15) is 5.11 Å². The van der Waals surface area contributed by atoms with E-state index in [1.54, 1.807) is 7.11 Å². The molecule has 1 aliphatic heterocycles. The second-order valence-corrected chi connectivity index (χ2v) is 6.96. The molecule has 1 saturated heterocycles. The minimum atomic E-state index is -0.421. The quantitative estimate of drug-likeness (QED) is 0.805. The molecule has 0 saturated carbocycles. The van der Waals surface area contributed by atoms with E-state index in [0.29, 0.717) is 31.2 Å². The maximum atomic E-state index is 10.0. The highest BCUT2D eigenvalue weighted by molar-refractivity contribution is 5.01. The van der Waals surface area contributed by atoms with Gasteiger partial charge in [0.05, 0.1) is 12.7 Å². The highest BCUT2D eigenvalue weighted by atomic mass is 16.5. The van der Waals surface area contributed by atoms with Crippen LogP contribution in [-0.2, 0) is 4.74 Å². The Hall–Kier alpha value is -0.420. The third kappa shape index (κ3) is 6.47. The van der Waals surface area contributed by atoms with Crippen molar-refractivity contribution in [3.8, 4) is 0 Å². The van der Waals surface area contributed by atoms with Crippen molar-refractivity contribution in [3.63, 3.8) is 0 Å². The zero-order valence-corrected chi connectivity index (χ0v) is 14.5. The first-order chi connectivity index (χ1) is 9.83. The molecule has 0 aliphatic carbocycles. The van der Waals surface area contributed by atoms with Gasteiger partial charge in [-0.15, -0.1) is 0 Å². The second-order valence-electron chi connectivity index (χ2n) is 6.96. The lowest BCUT2D eigenvalue weighted by atomic mass is 9.96. The molecule has 0 bridgehead atoms. The van der Waals surface area contributed by atoms with Gasteiger partial charge in [0, 0.05) is 38.8 Å². The number of nitrogens with zero attached hydrogens (tertiary/aromatic N) is 2. The van der Waals surface area contributed by atoms with Gasteiger partial charge >= 0.3 is 0 Å². The molecule has 21 heavy (non-hydrogen) atoms. The van der Waals surface area contributed by atoms with Crippen LogP contribution in [0.4, 0.5) is 0 Å². The summed E-state index contributed by atoms with van der Waals surface area (Å²) < 4.78 is 5.04. The van der Waals surface area contributed by atoms with Crippen molar-refractivity contribution >= 4 is 0 Å². The lowest BCUT2D eigenvalue weighted by Gasteiger charge is -2.37. The van der Waals surface area contributed by atoms with E-state index in [4.69, 9.17) is 4.74 Å². The number of rotatable bonds is 4. The lowest BCUT2D eigenvalue weighted by Crippen LogP contribution is -2.44. The molecule has 1 N–H and O–H groups in total. The summed E-state index contributed by atoms with van der Waals surface area (Å²) >= 11 is 0. The molecule has 3 unspecified atom stereocenters. The first-order valence-corrected chi connectivity index (χ1v) is 8.11.